The van der Waals surface area contributed by atoms with E-state index in [-0.39, 0.29) is 35.9 Å². The molecule has 0 aromatic heterocycles. The van der Waals surface area contributed by atoms with E-state index in [2.05, 4.69) is 4.90 Å². The van der Waals surface area contributed by atoms with E-state index in [1.54, 1.807) is 31.2 Å². The van der Waals surface area contributed by atoms with Gasteiger partial charge in [-0.3, -0.25) is 14.9 Å². The third-order valence-electron chi connectivity index (χ3n) is 6.12. The molecule has 0 aliphatic carbocycles. The summed E-state index contributed by atoms with van der Waals surface area (Å²) in [5, 5.41) is 27.7. The lowest BCUT2D eigenvalue weighted by Gasteiger charge is -2.36. The lowest BCUT2D eigenvalue weighted by Crippen LogP contribution is -2.44. The predicted octanol–water partition coefficient (Wildman–Crippen LogP) is 2.34. The lowest BCUT2D eigenvalue weighted by molar-refractivity contribution is -0.384. The van der Waals surface area contributed by atoms with Crippen LogP contribution in [0.1, 0.15) is 51.2 Å². The zero-order valence-electron chi connectivity index (χ0n) is 20.5. The second-order valence-corrected chi connectivity index (χ2v) is 8.36. The molecule has 1 fully saturated rings. The largest absolute Gasteiger partial charge is 0.400 e. The molecule has 0 saturated carbocycles. The van der Waals surface area contributed by atoms with Crippen LogP contribution in [0.4, 0.5) is 5.69 Å². The second kappa shape index (κ2) is 14.2. The predicted molar refractivity (Wildman–Crippen MR) is 125 cm³/mol. The minimum atomic E-state index is -0.727. The first-order chi connectivity index (χ1) is 15.6. The second-order valence-electron chi connectivity index (χ2n) is 8.36. The van der Waals surface area contributed by atoms with E-state index in [0.29, 0.717) is 19.3 Å². The van der Waals surface area contributed by atoms with Crippen LogP contribution in [0.2, 0.25) is 0 Å². The van der Waals surface area contributed by atoms with Crippen molar-refractivity contribution in [3.8, 4) is 0 Å². The molecule has 33 heavy (non-hydrogen) atoms. The molecule has 1 amide bonds. The number of non-ortho nitro benzene ring substituents is 1. The van der Waals surface area contributed by atoms with Crippen LogP contribution in [-0.4, -0.2) is 90.2 Å². The number of hydrogen-bond acceptors (Lipinski definition) is 8. The molecule has 0 bridgehead atoms. The molecule has 1 aromatic rings. The Morgan fingerprint density at radius 3 is 2.39 bits per heavy atom. The van der Waals surface area contributed by atoms with Crippen LogP contribution >= 0.6 is 0 Å². The molecular formula is C23H39N3O7. The number of benzene rings is 1. The number of carbonyl (C=O) groups is 1. The van der Waals surface area contributed by atoms with Crippen molar-refractivity contribution < 1.29 is 29.4 Å². The monoisotopic (exact) mass is 469 g/mol. The highest BCUT2D eigenvalue weighted by Crippen LogP contribution is 2.26. The molecule has 1 heterocycles. The highest BCUT2D eigenvalue weighted by atomic mass is 16.6. The average molecular weight is 470 g/mol. The van der Waals surface area contributed by atoms with E-state index in [9.17, 15) is 20.0 Å². The van der Waals surface area contributed by atoms with Gasteiger partial charge in [0, 0.05) is 52.3 Å². The molecule has 5 unspecified atom stereocenters. The maximum absolute atomic E-state index is 12.7. The van der Waals surface area contributed by atoms with E-state index >= 15 is 0 Å². The molecule has 2 N–H and O–H groups in total. The van der Waals surface area contributed by atoms with Gasteiger partial charge in [-0.15, -0.1) is 0 Å². The van der Waals surface area contributed by atoms with Gasteiger partial charge < -0.3 is 29.5 Å². The van der Waals surface area contributed by atoms with Gasteiger partial charge in [0.2, 0.25) is 5.91 Å². The number of ether oxygens (including phenoxy) is 2. The van der Waals surface area contributed by atoms with Crippen molar-refractivity contribution in [3.63, 3.8) is 0 Å². The maximum atomic E-state index is 12.7. The summed E-state index contributed by atoms with van der Waals surface area (Å²) >= 11 is 0. The number of rotatable bonds is 10. The first kappa shape index (κ1) is 28.9. The summed E-state index contributed by atoms with van der Waals surface area (Å²) in [4.78, 5) is 27.0. The Bertz CT molecular complexity index is 721. The van der Waals surface area contributed by atoms with E-state index < -0.39 is 11.2 Å². The first-order valence-corrected chi connectivity index (χ1v) is 11.1. The van der Waals surface area contributed by atoms with Crippen LogP contribution in [0.3, 0.4) is 0 Å². The Kier molecular flexibility index (Phi) is 12.5. The number of nitro groups is 1. The summed E-state index contributed by atoms with van der Waals surface area (Å²) in [6.45, 7) is 4.62. The zero-order valence-corrected chi connectivity index (χ0v) is 20.5. The van der Waals surface area contributed by atoms with Crippen LogP contribution < -0.4 is 0 Å². The first-order valence-electron chi connectivity index (χ1n) is 11.1. The number of likely N-dealkylation sites (N-methyl/N-ethyl adjacent to an activating group) is 1. The Labute approximate surface area is 196 Å². The Morgan fingerprint density at radius 1 is 1.27 bits per heavy atom. The number of aliphatic hydroxyl groups is 2. The van der Waals surface area contributed by atoms with E-state index in [0.717, 1.165) is 25.6 Å². The van der Waals surface area contributed by atoms with Crippen molar-refractivity contribution in [1.82, 2.24) is 9.80 Å². The summed E-state index contributed by atoms with van der Waals surface area (Å²) in [5.41, 5.74) is 0.804. The SMILES string of the molecule is CO.COC(c1ccc([N+](=O)[O-])cc1)C(C)N(C)C(=O)CCCN(C)C1CC(C)OC(O)C1. The molecule has 0 spiro atoms. The quantitative estimate of drug-likeness (QED) is 0.395. The number of aliphatic hydroxyl groups excluding tert-OH is 2. The van der Waals surface area contributed by atoms with Crippen molar-refractivity contribution in [2.75, 3.05) is 34.9 Å². The third kappa shape index (κ3) is 8.63. The molecule has 5 atom stereocenters. The van der Waals surface area contributed by atoms with Crippen molar-refractivity contribution in [3.05, 3.63) is 39.9 Å². The fourth-order valence-electron chi connectivity index (χ4n) is 4.12. The summed E-state index contributed by atoms with van der Waals surface area (Å²) in [6.07, 6.45) is 1.47. The van der Waals surface area contributed by atoms with Crippen molar-refractivity contribution in [2.24, 2.45) is 0 Å². The minimum Gasteiger partial charge on any atom is -0.400 e. The van der Waals surface area contributed by atoms with Gasteiger partial charge in [-0.25, -0.2) is 0 Å². The summed E-state index contributed by atoms with van der Waals surface area (Å²) in [7, 11) is 6.34. The molecule has 1 aromatic carbocycles. The van der Waals surface area contributed by atoms with Crippen molar-refractivity contribution in [2.45, 2.75) is 70.1 Å². The average Bonchev–Trinajstić information content (AvgIpc) is 2.79. The highest BCUT2D eigenvalue weighted by Gasteiger charge is 2.29. The van der Waals surface area contributed by atoms with Gasteiger partial charge in [-0.1, -0.05) is 0 Å². The van der Waals surface area contributed by atoms with Crippen LogP contribution in [0, 0.1) is 10.1 Å². The molecule has 10 heteroatoms. The number of nitrogens with zero attached hydrogens (tertiary/aromatic N) is 3. The molecule has 188 valence electrons. The topological polar surface area (TPSA) is 126 Å². The lowest BCUT2D eigenvalue weighted by atomic mass is 10.0. The molecule has 1 aliphatic heterocycles. The number of nitro benzene ring substituents is 1. The number of hydrogen-bond donors (Lipinski definition) is 2. The number of carbonyl (C=O) groups excluding carboxylic acids is 1. The normalized spacial score (nSPS) is 22.2. The third-order valence-corrected chi connectivity index (χ3v) is 6.12. The highest BCUT2D eigenvalue weighted by molar-refractivity contribution is 5.76. The van der Waals surface area contributed by atoms with E-state index in [1.165, 1.54) is 12.1 Å². The smallest absolute Gasteiger partial charge is 0.269 e. The van der Waals surface area contributed by atoms with E-state index in [4.69, 9.17) is 14.6 Å². The summed E-state index contributed by atoms with van der Waals surface area (Å²) in [5.74, 6) is 0.0187. The van der Waals surface area contributed by atoms with Gasteiger partial charge in [0.25, 0.3) is 5.69 Å². The Balaban J connectivity index is 0.00000265. The Morgan fingerprint density at radius 2 is 1.88 bits per heavy atom. The van der Waals surface area contributed by atoms with Crippen LogP contribution in [0.5, 0.6) is 0 Å². The van der Waals surface area contributed by atoms with Gasteiger partial charge in [0.15, 0.2) is 6.29 Å². The summed E-state index contributed by atoms with van der Waals surface area (Å²) in [6, 6.07) is 6.23. The number of methoxy groups -OCH3 is 1. The molecule has 1 aliphatic rings. The minimum absolute atomic E-state index is 0.0187. The van der Waals surface area contributed by atoms with Gasteiger partial charge in [-0.2, -0.15) is 0 Å². The van der Waals surface area contributed by atoms with Gasteiger partial charge in [0.1, 0.15) is 6.10 Å². The molecule has 1 saturated heterocycles. The van der Waals surface area contributed by atoms with Crippen molar-refractivity contribution >= 4 is 11.6 Å². The number of amides is 1. The maximum Gasteiger partial charge on any atom is 0.269 e. The molecule has 2 rings (SSSR count). The van der Waals surface area contributed by atoms with Crippen LogP contribution in [0.15, 0.2) is 24.3 Å². The summed E-state index contributed by atoms with van der Waals surface area (Å²) < 4.78 is 11.0. The van der Waals surface area contributed by atoms with Crippen LogP contribution in [0.25, 0.3) is 0 Å². The molecule has 10 nitrogen and oxygen atoms in total. The van der Waals surface area contributed by atoms with Crippen molar-refractivity contribution in [1.29, 1.82) is 0 Å². The van der Waals surface area contributed by atoms with Crippen LogP contribution in [-0.2, 0) is 14.3 Å². The van der Waals surface area contributed by atoms with Gasteiger partial charge >= 0.3 is 0 Å². The zero-order chi connectivity index (χ0) is 25.1. The van der Waals surface area contributed by atoms with E-state index in [1.807, 2.05) is 20.9 Å². The molecular weight excluding hydrogens is 430 g/mol. The Hall–Kier alpha value is -2.11. The van der Waals surface area contributed by atoms with Gasteiger partial charge in [-0.05, 0) is 58.0 Å². The molecule has 0 radical (unpaired) electrons. The fraction of sp³-hybridized carbons (Fsp3) is 0.696. The standard InChI is InChI=1S/C22H35N3O6.CH4O/c1-15-13-19(14-21(27)31-15)23(3)12-6-7-20(26)24(4)16(2)22(30-5)17-8-10-18(11-9-17)25(28)29;1-2/h8-11,15-16,19,21-22,27H,6-7,12-14H2,1-5H3;2H,1H3. The van der Waals surface area contributed by atoms with Gasteiger partial charge in [0.05, 0.1) is 17.1 Å². The fourth-order valence-corrected chi connectivity index (χ4v) is 4.12.